The van der Waals surface area contributed by atoms with E-state index in [9.17, 15) is 8.42 Å². The minimum atomic E-state index is -3.66. The Hall–Kier alpha value is -1.80. The number of sulfonamides is 1. The molecule has 136 valence electrons. The van der Waals surface area contributed by atoms with Crippen LogP contribution in [0.5, 0.6) is 11.5 Å². The second kappa shape index (κ2) is 8.05. The number of halogens is 1. The standard InChI is InChI=1S/C17H20N2O4S.ClH/c1-22-15-6-16(23-2)8-17(7-15)24(20,21)19-9-12-3-4-13-10-18-11-14(13)5-12;/h3-8,18-19H,9-11H2,1-2H3;1H. The van der Waals surface area contributed by atoms with Gasteiger partial charge in [0.05, 0.1) is 19.1 Å². The summed E-state index contributed by atoms with van der Waals surface area (Å²) in [5.74, 6) is 0.858. The summed E-state index contributed by atoms with van der Waals surface area (Å²) in [5.41, 5.74) is 3.41. The molecule has 0 saturated heterocycles. The molecule has 1 aliphatic rings. The molecule has 2 aromatic rings. The second-order valence-corrected chi connectivity index (χ2v) is 7.35. The molecule has 0 amide bonds. The van der Waals surface area contributed by atoms with Gasteiger partial charge >= 0.3 is 0 Å². The topological polar surface area (TPSA) is 76.7 Å². The maximum atomic E-state index is 12.5. The van der Waals surface area contributed by atoms with E-state index in [-0.39, 0.29) is 23.8 Å². The number of ether oxygens (including phenoxy) is 2. The Labute approximate surface area is 154 Å². The predicted octanol–water partition coefficient (Wildman–Crippen LogP) is 2.21. The van der Waals surface area contributed by atoms with Crippen LogP contribution in [-0.4, -0.2) is 22.6 Å². The van der Waals surface area contributed by atoms with Gasteiger partial charge in [-0.05, 0) is 16.7 Å². The van der Waals surface area contributed by atoms with Crippen molar-refractivity contribution in [1.29, 1.82) is 0 Å². The van der Waals surface area contributed by atoms with Crippen molar-refractivity contribution in [2.45, 2.75) is 24.5 Å². The van der Waals surface area contributed by atoms with E-state index in [1.807, 2.05) is 18.2 Å². The van der Waals surface area contributed by atoms with E-state index in [0.717, 1.165) is 18.7 Å². The maximum Gasteiger partial charge on any atom is 0.241 e. The van der Waals surface area contributed by atoms with Gasteiger partial charge in [0.15, 0.2) is 0 Å². The van der Waals surface area contributed by atoms with E-state index in [2.05, 4.69) is 10.0 Å². The Morgan fingerprint density at radius 1 is 1.00 bits per heavy atom. The van der Waals surface area contributed by atoms with E-state index in [1.54, 1.807) is 6.07 Å². The molecule has 0 radical (unpaired) electrons. The molecular weight excluding hydrogens is 364 g/mol. The van der Waals surface area contributed by atoms with Gasteiger partial charge in [0, 0.05) is 37.8 Å². The van der Waals surface area contributed by atoms with Gasteiger partial charge in [-0.1, -0.05) is 18.2 Å². The van der Waals surface area contributed by atoms with E-state index >= 15 is 0 Å². The van der Waals surface area contributed by atoms with Crippen molar-refractivity contribution in [3.05, 3.63) is 53.1 Å². The van der Waals surface area contributed by atoms with Crippen molar-refractivity contribution >= 4 is 22.4 Å². The first kappa shape index (κ1) is 19.5. The average molecular weight is 385 g/mol. The molecule has 8 heteroatoms. The highest BCUT2D eigenvalue weighted by Crippen LogP contribution is 2.25. The summed E-state index contributed by atoms with van der Waals surface area (Å²) in [6, 6.07) is 10.6. The Bertz CT molecular complexity index is 833. The smallest absolute Gasteiger partial charge is 0.241 e. The van der Waals surface area contributed by atoms with Crippen LogP contribution in [0.15, 0.2) is 41.3 Å². The van der Waals surface area contributed by atoms with E-state index in [4.69, 9.17) is 9.47 Å². The molecule has 0 atom stereocenters. The Kier molecular flexibility index (Phi) is 6.29. The maximum absolute atomic E-state index is 12.5. The lowest BCUT2D eigenvalue weighted by atomic mass is 10.1. The summed E-state index contributed by atoms with van der Waals surface area (Å²) < 4.78 is 38.0. The van der Waals surface area contributed by atoms with Crippen LogP contribution in [0.25, 0.3) is 0 Å². The van der Waals surface area contributed by atoms with Gasteiger partial charge in [0.1, 0.15) is 11.5 Å². The van der Waals surface area contributed by atoms with Crippen LogP contribution >= 0.6 is 12.4 Å². The predicted molar refractivity (Wildman–Crippen MR) is 97.8 cm³/mol. The van der Waals surface area contributed by atoms with Crippen molar-refractivity contribution in [1.82, 2.24) is 10.0 Å². The lowest BCUT2D eigenvalue weighted by Gasteiger charge is -2.11. The molecule has 0 saturated carbocycles. The zero-order chi connectivity index (χ0) is 17.2. The fraction of sp³-hybridized carbons (Fsp3) is 0.294. The first-order valence-corrected chi connectivity index (χ1v) is 9.04. The number of hydrogen-bond donors (Lipinski definition) is 2. The molecule has 1 aliphatic heterocycles. The fourth-order valence-electron chi connectivity index (χ4n) is 2.66. The normalized spacial score (nSPS) is 13.0. The summed E-state index contributed by atoms with van der Waals surface area (Å²) in [5, 5.41) is 3.27. The lowest BCUT2D eigenvalue weighted by molar-refractivity contribution is 0.392. The molecular formula is C17H21ClN2O4S. The third-order valence-corrected chi connectivity index (χ3v) is 5.38. The van der Waals surface area contributed by atoms with Gasteiger partial charge in [-0.25, -0.2) is 13.1 Å². The van der Waals surface area contributed by atoms with Crippen molar-refractivity contribution < 1.29 is 17.9 Å². The van der Waals surface area contributed by atoms with Gasteiger partial charge in [-0.15, -0.1) is 12.4 Å². The highest BCUT2D eigenvalue weighted by molar-refractivity contribution is 7.89. The minimum absolute atomic E-state index is 0. The summed E-state index contributed by atoms with van der Waals surface area (Å²) in [6.07, 6.45) is 0. The number of nitrogens with one attached hydrogen (secondary N) is 2. The molecule has 0 aliphatic carbocycles. The Balaban J connectivity index is 0.00000225. The monoisotopic (exact) mass is 384 g/mol. The summed E-state index contributed by atoms with van der Waals surface area (Å²) >= 11 is 0. The van der Waals surface area contributed by atoms with Crippen LogP contribution in [0.4, 0.5) is 0 Å². The van der Waals surface area contributed by atoms with Gasteiger partial charge in [0.25, 0.3) is 0 Å². The molecule has 0 unspecified atom stereocenters. The molecule has 25 heavy (non-hydrogen) atoms. The third-order valence-electron chi connectivity index (χ3n) is 4.00. The van der Waals surface area contributed by atoms with Crippen molar-refractivity contribution in [2.75, 3.05) is 14.2 Å². The molecule has 0 spiro atoms. The van der Waals surface area contributed by atoms with Crippen molar-refractivity contribution in [3.63, 3.8) is 0 Å². The van der Waals surface area contributed by atoms with Crippen molar-refractivity contribution in [3.8, 4) is 11.5 Å². The highest BCUT2D eigenvalue weighted by Gasteiger charge is 2.17. The van der Waals surface area contributed by atoms with Gasteiger partial charge in [0.2, 0.25) is 10.0 Å². The number of rotatable bonds is 6. The molecule has 0 fully saturated rings. The molecule has 6 nitrogen and oxygen atoms in total. The van der Waals surface area contributed by atoms with Gasteiger partial charge in [-0.2, -0.15) is 0 Å². The first-order chi connectivity index (χ1) is 11.5. The summed E-state index contributed by atoms with van der Waals surface area (Å²) in [6.45, 7) is 1.92. The van der Waals surface area contributed by atoms with Crippen LogP contribution in [-0.2, 0) is 29.7 Å². The molecule has 2 N–H and O–H groups in total. The number of fused-ring (bicyclic) bond motifs is 1. The summed E-state index contributed by atoms with van der Waals surface area (Å²) in [4.78, 5) is 0.113. The fourth-order valence-corrected chi connectivity index (χ4v) is 3.72. The zero-order valence-corrected chi connectivity index (χ0v) is 15.7. The quantitative estimate of drug-likeness (QED) is 0.798. The SMILES string of the molecule is COc1cc(OC)cc(S(=O)(=O)NCc2ccc3c(c2)CNC3)c1.Cl. The number of hydrogen-bond acceptors (Lipinski definition) is 5. The van der Waals surface area contributed by atoms with Crippen LogP contribution in [0.1, 0.15) is 16.7 Å². The largest absolute Gasteiger partial charge is 0.497 e. The van der Waals surface area contributed by atoms with E-state index < -0.39 is 10.0 Å². The second-order valence-electron chi connectivity index (χ2n) is 5.58. The zero-order valence-electron chi connectivity index (χ0n) is 14.0. The molecule has 0 aromatic heterocycles. The number of methoxy groups -OCH3 is 2. The molecule has 0 bridgehead atoms. The first-order valence-electron chi connectivity index (χ1n) is 7.56. The van der Waals surface area contributed by atoms with E-state index in [1.165, 1.54) is 37.5 Å². The third kappa shape index (κ3) is 4.43. The molecule has 2 aromatic carbocycles. The van der Waals surface area contributed by atoms with Gasteiger partial charge in [-0.3, -0.25) is 0 Å². The van der Waals surface area contributed by atoms with Crippen LogP contribution in [0.3, 0.4) is 0 Å². The number of benzene rings is 2. The van der Waals surface area contributed by atoms with Crippen LogP contribution in [0, 0.1) is 0 Å². The van der Waals surface area contributed by atoms with E-state index in [0.29, 0.717) is 11.5 Å². The van der Waals surface area contributed by atoms with Gasteiger partial charge < -0.3 is 14.8 Å². The van der Waals surface area contributed by atoms with Crippen LogP contribution in [0.2, 0.25) is 0 Å². The highest BCUT2D eigenvalue weighted by atomic mass is 35.5. The molecule has 1 heterocycles. The lowest BCUT2D eigenvalue weighted by Crippen LogP contribution is -2.23. The Morgan fingerprint density at radius 3 is 2.28 bits per heavy atom. The molecule has 3 rings (SSSR count). The summed E-state index contributed by atoms with van der Waals surface area (Å²) in [7, 11) is -0.697. The minimum Gasteiger partial charge on any atom is -0.497 e. The van der Waals surface area contributed by atoms with Crippen molar-refractivity contribution in [2.24, 2.45) is 0 Å². The average Bonchev–Trinajstić information content (AvgIpc) is 3.07. The van der Waals surface area contributed by atoms with Crippen LogP contribution < -0.4 is 19.5 Å². The Morgan fingerprint density at radius 2 is 1.64 bits per heavy atom.